The van der Waals surface area contributed by atoms with Crippen molar-refractivity contribution in [1.29, 1.82) is 0 Å². The third kappa shape index (κ3) is 7.47. The zero-order chi connectivity index (χ0) is 19.9. The molecule has 0 aromatic heterocycles. The van der Waals surface area contributed by atoms with Gasteiger partial charge in [0.25, 0.3) is 5.91 Å². The van der Waals surface area contributed by atoms with Crippen LogP contribution in [0.15, 0.2) is 48.5 Å². The molecular formula is C22H28ClNO2S. The SMILES string of the molecule is C[C@@H](Oc1ccc(C(C)(C)C)cc1)C(=O)NCCSCc1ccc(Cl)cc1. The van der Waals surface area contributed by atoms with E-state index in [-0.39, 0.29) is 11.3 Å². The van der Waals surface area contributed by atoms with E-state index < -0.39 is 6.10 Å². The summed E-state index contributed by atoms with van der Waals surface area (Å²) in [5.41, 5.74) is 2.57. The number of carbonyl (C=O) groups is 1. The van der Waals surface area contributed by atoms with E-state index in [9.17, 15) is 4.79 Å². The zero-order valence-corrected chi connectivity index (χ0v) is 18.0. The predicted molar refractivity (Wildman–Crippen MR) is 116 cm³/mol. The van der Waals surface area contributed by atoms with Crippen LogP contribution in [0.25, 0.3) is 0 Å². The minimum absolute atomic E-state index is 0.0954. The number of rotatable bonds is 8. The quantitative estimate of drug-likeness (QED) is 0.593. The van der Waals surface area contributed by atoms with Crippen LogP contribution in [0.1, 0.15) is 38.8 Å². The molecule has 2 aromatic carbocycles. The highest BCUT2D eigenvalue weighted by Gasteiger charge is 2.16. The zero-order valence-electron chi connectivity index (χ0n) is 16.4. The molecule has 0 radical (unpaired) electrons. The van der Waals surface area contributed by atoms with Crippen LogP contribution in [0.4, 0.5) is 0 Å². The topological polar surface area (TPSA) is 38.3 Å². The molecule has 0 fully saturated rings. The van der Waals surface area contributed by atoms with Crippen molar-refractivity contribution < 1.29 is 9.53 Å². The Balaban J connectivity index is 1.68. The van der Waals surface area contributed by atoms with Gasteiger partial charge in [0.2, 0.25) is 0 Å². The molecule has 0 unspecified atom stereocenters. The van der Waals surface area contributed by atoms with Gasteiger partial charge in [-0.05, 0) is 47.7 Å². The van der Waals surface area contributed by atoms with Crippen molar-refractivity contribution in [2.24, 2.45) is 0 Å². The fraction of sp³-hybridized carbons (Fsp3) is 0.409. The Morgan fingerprint density at radius 1 is 1.11 bits per heavy atom. The Labute approximate surface area is 171 Å². The molecule has 27 heavy (non-hydrogen) atoms. The molecule has 1 N–H and O–H groups in total. The molecule has 1 atom stereocenters. The summed E-state index contributed by atoms with van der Waals surface area (Å²) in [6.45, 7) is 8.90. The molecule has 2 aromatic rings. The van der Waals surface area contributed by atoms with Gasteiger partial charge in [-0.3, -0.25) is 4.79 Å². The Kier molecular flexibility index (Phi) is 8.06. The first kappa shape index (κ1) is 21.6. The molecule has 0 saturated heterocycles. The van der Waals surface area contributed by atoms with Gasteiger partial charge in [-0.2, -0.15) is 11.8 Å². The Morgan fingerprint density at radius 3 is 2.33 bits per heavy atom. The van der Waals surface area contributed by atoms with E-state index in [0.29, 0.717) is 12.3 Å². The fourth-order valence-electron chi connectivity index (χ4n) is 2.45. The van der Waals surface area contributed by atoms with Crippen LogP contribution >= 0.6 is 23.4 Å². The second-order valence-electron chi connectivity index (χ2n) is 7.50. The average molecular weight is 406 g/mol. The molecule has 146 valence electrons. The fourth-order valence-corrected chi connectivity index (χ4v) is 3.40. The lowest BCUT2D eigenvalue weighted by Crippen LogP contribution is -2.37. The van der Waals surface area contributed by atoms with Crippen LogP contribution in [0, 0.1) is 0 Å². The molecule has 1 amide bonds. The van der Waals surface area contributed by atoms with Gasteiger partial charge in [0, 0.05) is 23.1 Å². The summed E-state index contributed by atoms with van der Waals surface area (Å²) in [5, 5.41) is 3.68. The minimum Gasteiger partial charge on any atom is -0.481 e. The maximum absolute atomic E-state index is 12.2. The molecule has 0 aliphatic heterocycles. The Morgan fingerprint density at radius 2 is 1.74 bits per heavy atom. The number of halogens is 1. The van der Waals surface area contributed by atoms with Crippen LogP contribution in [0.3, 0.4) is 0 Å². The molecule has 0 aliphatic carbocycles. The number of benzene rings is 2. The van der Waals surface area contributed by atoms with E-state index in [4.69, 9.17) is 16.3 Å². The molecule has 0 bridgehead atoms. The summed E-state index contributed by atoms with van der Waals surface area (Å²) in [5.74, 6) is 2.37. The number of nitrogens with one attached hydrogen (secondary N) is 1. The maximum Gasteiger partial charge on any atom is 0.260 e. The van der Waals surface area contributed by atoms with Gasteiger partial charge in [-0.1, -0.05) is 56.6 Å². The smallest absolute Gasteiger partial charge is 0.260 e. The number of hydrogen-bond acceptors (Lipinski definition) is 3. The van der Waals surface area contributed by atoms with Gasteiger partial charge in [-0.15, -0.1) is 0 Å². The highest BCUT2D eigenvalue weighted by Crippen LogP contribution is 2.24. The maximum atomic E-state index is 12.2. The second-order valence-corrected chi connectivity index (χ2v) is 9.05. The van der Waals surface area contributed by atoms with E-state index in [2.05, 4.69) is 26.1 Å². The predicted octanol–water partition coefficient (Wildman–Crippen LogP) is 5.45. The van der Waals surface area contributed by atoms with Gasteiger partial charge >= 0.3 is 0 Å². The van der Waals surface area contributed by atoms with Gasteiger partial charge in [-0.25, -0.2) is 0 Å². The molecule has 0 aliphatic rings. The van der Waals surface area contributed by atoms with Crippen molar-refractivity contribution in [3.05, 3.63) is 64.7 Å². The Bertz CT molecular complexity index is 723. The molecule has 0 heterocycles. The lowest BCUT2D eigenvalue weighted by atomic mass is 9.87. The number of thioether (sulfide) groups is 1. The number of amides is 1. The van der Waals surface area contributed by atoms with Gasteiger partial charge in [0.05, 0.1) is 0 Å². The molecule has 2 rings (SSSR count). The first-order valence-electron chi connectivity index (χ1n) is 9.13. The minimum atomic E-state index is -0.522. The van der Waals surface area contributed by atoms with Crippen LogP contribution in [0.2, 0.25) is 5.02 Å². The third-order valence-electron chi connectivity index (χ3n) is 4.13. The monoisotopic (exact) mass is 405 g/mol. The average Bonchev–Trinajstić information content (AvgIpc) is 2.62. The molecule has 0 spiro atoms. The summed E-state index contributed by atoms with van der Waals surface area (Å²) in [4.78, 5) is 12.2. The molecule has 5 heteroatoms. The van der Waals surface area contributed by atoms with E-state index in [1.165, 1.54) is 11.1 Å². The summed E-state index contributed by atoms with van der Waals surface area (Å²) >= 11 is 7.65. The van der Waals surface area contributed by atoms with E-state index in [1.54, 1.807) is 18.7 Å². The lowest BCUT2D eigenvalue weighted by molar-refractivity contribution is -0.127. The lowest BCUT2D eigenvalue weighted by Gasteiger charge is -2.20. The summed E-state index contributed by atoms with van der Waals surface area (Å²) in [6.07, 6.45) is -0.522. The van der Waals surface area contributed by atoms with Crippen molar-refractivity contribution in [2.45, 2.75) is 45.0 Å². The largest absolute Gasteiger partial charge is 0.481 e. The number of carbonyl (C=O) groups excluding carboxylic acids is 1. The summed E-state index contributed by atoms with van der Waals surface area (Å²) in [7, 11) is 0. The Hall–Kier alpha value is -1.65. The van der Waals surface area contributed by atoms with E-state index in [0.717, 1.165) is 16.5 Å². The number of ether oxygens (including phenoxy) is 1. The van der Waals surface area contributed by atoms with Crippen molar-refractivity contribution in [1.82, 2.24) is 5.32 Å². The standard InChI is InChI=1S/C22H28ClNO2S/c1-16(26-20-11-7-18(8-12-20)22(2,3)4)21(25)24-13-14-27-15-17-5-9-19(23)10-6-17/h5-12,16H,13-15H2,1-4H3,(H,24,25)/t16-/m1/s1. The van der Waals surface area contributed by atoms with Gasteiger partial charge in [0.1, 0.15) is 5.75 Å². The first-order chi connectivity index (χ1) is 12.8. The second kappa shape index (κ2) is 10.0. The highest BCUT2D eigenvalue weighted by atomic mass is 35.5. The van der Waals surface area contributed by atoms with Crippen molar-refractivity contribution in [3.63, 3.8) is 0 Å². The number of hydrogen-bond donors (Lipinski definition) is 1. The van der Waals surface area contributed by atoms with Crippen LogP contribution in [-0.4, -0.2) is 24.3 Å². The molecule has 0 saturated carbocycles. The van der Waals surface area contributed by atoms with Gasteiger partial charge in [0.15, 0.2) is 6.10 Å². The summed E-state index contributed by atoms with van der Waals surface area (Å²) in [6, 6.07) is 15.8. The van der Waals surface area contributed by atoms with Crippen molar-refractivity contribution in [2.75, 3.05) is 12.3 Å². The van der Waals surface area contributed by atoms with Crippen LogP contribution in [0.5, 0.6) is 5.75 Å². The first-order valence-corrected chi connectivity index (χ1v) is 10.7. The third-order valence-corrected chi connectivity index (χ3v) is 5.41. The van der Waals surface area contributed by atoms with Gasteiger partial charge < -0.3 is 10.1 Å². The van der Waals surface area contributed by atoms with Crippen molar-refractivity contribution in [3.8, 4) is 5.75 Å². The molecular weight excluding hydrogens is 378 g/mol. The van der Waals surface area contributed by atoms with Crippen LogP contribution < -0.4 is 10.1 Å². The van der Waals surface area contributed by atoms with E-state index in [1.807, 2.05) is 48.5 Å². The summed E-state index contributed by atoms with van der Waals surface area (Å²) < 4.78 is 5.75. The van der Waals surface area contributed by atoms with E-state index >= 15 is 0 Å². The normalized spacial score (nSPS) is 12.5. The van der Waals surface area contributed by atoms with Crippen LogP contribution in [-0.2, 0) is 16.0 Å². The van der Waals surface area contributed by atoms with Crippen molar-refractivity contribution >= 4 is 29.3 Å². The molecule has 3 nitrogen and oxygen atoms in total. The highest BCUT2D eigenvalue weighted by molar-refractivity contribution is 7.98.